The largest absolute Gasteiger partial charge is 0.413 e. The van der Waals surface area contributed by atoms with Gasteiger partial charge in [0.05, 0.1) is 12.0 Å². The molecule has 0 aliphatic rings. The third-order valence-corrected chi connectivity index (χ3v) is 7.66. The first-order valence-electron chi connectivity index (χ1n) is 12.8. The van der Waals surface area contributed by atoms with Gasteiger partial charge in [-0.15, -0.1) is 0 Å². The number of nitrogens with zero attached hydrogens (tertiary/aromatic N) is 2. The quantitative estimate of drug-likeness (QED) is 0.160. The minimum Gasteiger partial charge on any atom is -0.406 e. The second-order valence-electron chi connectivity index (χ2n) is 11.4. The second-order valence-corrected chi connectivity index (χ2v) is 15.9. The summed E-state index contributed by atoms with van der Waals surface area (Å²) in [6, 6.07) is 30.4. The lowest BCUT2D eigenvalue weighted by Gasteiger charge is -2.39. The summed E-state index contributed by atoms with van der Waals surface area (Å²) < 4.78 is 50.3. The zero-order chi connectivity index (χ0) is 27.6. The zero-order valence-electron chi connectivity index (χ0n) is 22.5. The Hall–Kier alpha value is -3.16. The molecule has 0 aliphatic heterocycles. The number of hydrogen-bond acceptors (Lipinski definition) is 2. The van der Waals surface area contributed by atoms with Gasteiger partial charge in [0.2, 0.25) is 0 Å². The molecule has 0 bridgehead atoms. The van der Waals surface area contributed by atoms with E-state index in [2.05, 4.69) is 41.4 Å². The van der Waals surface area contributed by atoms with E-state index in [1.807, 2.05) is 65.4 Å². The summed E-state index contributed by atoms with van der Waals surface area (Å²) >= 11 is 0. The van der Waals surface area contributed by atoms with Crippen molar-refractivity contribution >= 4 is 8.32 Å². The molecule has 1 heterocycles. The number of alkyl halides is 3. The molecule has 1 unspecified atom stereocenters. The fourth-order valence-corrected chi connectivity index (χ4v) is 6.37. The van der Waals surface area contributed by atoms with Crippen LogP contribution in [0.25, 0.3) is 0 Å². The Labute approximate surface area is 224 Å². The molecule has 3 nitrogen and oxygen atoms in total. The van der Waals surface area contributed by atoms with E-state index in [1.54, 1.807) is 39.8 Å². The summed E-state index contributed by atoms with van der Waals surface area (Å²) in [6.07, 6.45) is -2.62. The second kappa shape index (κ2) is 10.5. The van der Waals surface area contributed by atoms with Crippen LogP contribution in [-0.2, 0) is 16.4 Å². The van der Waals surface area contributed by atoms with Crippen molar-refractivity contribution in [3.63, 3.8) is 0 Å². The molecule has 0 saturated heterocycles. The van der Waals surface area contributed by atoms with Crippen molar-refractivity contribution < 1.29 is 17.6 Å². The van der Waals surface area contributed by atoms with E-state index in [0.717, 1.165) is 16.7 Å². The van der Waals surface area contributed by atoms with Gasteiger partial charge in [-0.05, 0) is 42.8 Å². The van der Waals surface area contributed by atoms with Crippen LogP contribution in [0.5, 0.6) is 0 Å². The maximum atomic E-state index is 14.2. The van der Waals surface area contributed by atoms with E-state index >= 15 is 0 Å². The van der Waals surface area contributed by atoms with Crippen LogP contribution >= 0.6 is 0 Å². The van der Waals surface area contributed by atoms with Crippen LogP contribution in [0, 0.1) is 5.41 Å². The molecule has 0 amide bonds. The van der Waals surface area contributed by atoms with Crippen LogP contribution in [-0.4, -0.2) is 30.1 Å². The topological polar surface area (TPSA) is 27.1 Å². The van der Waals surface area contributed by atoms with Crippen LogP contribution in [0.1, 0.15) is 36.2 Å². The molecule has 38 heavy (non-hydrogen) atoms. The number of aromatic nitrogens is 2. The first-order valence-corrected chi connectivity index (χ1v) is 16.2. The van der Waals surface area contributed by atoms with Crippen molar-refractivity contribution in [1.29, 1.82) is 0 Å². The van der Waals surface area contributed by atoms with Gasteiger partial charge in [-0.2, -0.15) is 13.2 Å². The number of halogens is 3. The molecule has 3 aromatic carbocycles. The molecule has 0 radical (unpaired) electrons. The lowest BCUT2D eigenvalue weighted by Crippen LogP contribution is -2.50. The van der Waals surface area contributed by atoms with Crippen LogP contribution in [0.4, 0.5) is 13.2 Å². The van der Waals surface area contributed by atoms with Crippen LogP contribution in [0.3, 0.4) is 0 Å². The number of benzene rings is 3. The highest BCUT2D eigenvalue weighted by Crippen LogP contribution is 2.43. The van der Waals surface area contributed by atoms with Gasteiger partial charge in [-0.3, -0.25) is 0 Å². The van der Waals surface area contributed by atoms with Crippen LogP contribution < -0.4 is 0 Å². The fraction of sp³-hybridized carbons (Fsp3) is 0.323. The summed E-state index contributed by atoms with van der Waals surface area (Å²) in [5, 5.41) is 0. The number of rotatable bonds is 9. The summed E-state index contributed by atoms with van der Waals surface area (Å²) in [7, 11) is -2.46. The van der Waals surface area contributed by atoms with Gasteiger partial charge in [0.15, 0.2) is 8.32 Å². The Balaban J connectivity index is 1.85. The SMILES string of the molecule is CC(C)(Cc1cn(C(c2ccccc2)(c2ccccc2)c2ccccc2)cn1)C(O[Si](C)(C)C)C(F)(F)F. The van der Waals surface area contributed by atoms with Gasteiger partial charge in [0, 0.05) is 11.6 Å². The first kappa shape index (κ1) is 27.9. The van der Waals surface area contributed by atoms with Gasteiger partial charge in [0.25, 0.3) is 0 Å². The molecule has 0 N–H and O–H groups in total. The third kappa shape index (κ3) is 5.79. The Kier molecular flexibility index (Phi) is 7.73. The monoisotopic (exact) mass is 536 g/mol. The lowest BCUT2D eigenvalue weighted by molar-refractivity contribution is -0.227. The van der Waals surface area contributed by atoms with Crippen LogP contribution in [0.2, 0.25) is 19.6 Å². The molecule has 1 atom stereocenters. The summed E-state index contributed by atoms with van der Waals surface area (Å²) in [5.41, 5.74) is 1.67. The molecule has 4 rings (SSSR count). The standard InChI is InChI=1S/C31H35F3N2OSi/c1-29(2,28(31(32,33)34)37-38(3,4)5)21-27-22-36(23-35-27)30(24-15-9-6-10-16-24,25-17-11-7-12-18-25)26-19-13-8-14-20-26/h6-20,22-23,28H,21H2,1-5H3. The van der Waals surface area contributed by atoms with E-state index in [-0.39, 0.29) is 6.42 Å². The summed E-state index contributed by atoms with van der Waals surface area (Å²) in [5.74, 6) is 0. The van der Waals surface area contributed by atoms with Crippen molar-refractivity contribution in [2.45, 2.75) is 57.7 Å². The van der Waals surface area contributed by atoms with Gasteiger partial charge in [0.1, 0.15) is 11.6 Å². The molecule has 1 aromatic heterocycles. The molecule has 4 aromatic rings. The zero-order valence-corrected chi connectivity index (χ0v) is 23.5. The van der Waals surface area contributed by atoms with Gasteiger partial charge >= 0.3 is 6.18 Å². The van der Waals surface area contributed by atoms with Crippen molar-refractivity contribution in [3.8, 4) is 0 Å². The average Bonchev–Trinajstić information content (AvgIpc) is 3.32. The van der Waals surface area contributed by atoms with E-state index in [4.69, 9.17) is 4.43 Å². The Morgan fingerprint density at radius 3 is 1.55 bits per heavy atom. The molecule has 0 fully saturated rings. The molecule has 0 saturated carbocycles. The maximum Gasteiger partial charge on any atom is 0.413 e. The minimum absolute atomic E-state index is 0.114. The predicted octanol–water partition coefficient (Wildman–Crippen LogP) is 8.07. The van der Waals surface area contributed by atoms with Crippen molar-refractivity contribution in [2.24, 2.45) is 5.41 Å². The Morgan fingerprint density at radius 2 is 1.18 bits per heavy atom. The summed E-state index contributed by atoms with van der Waals surface area (Å²) in [6.45, 7) is 8.58. The van der Waals surface area contributed by atoms with E-state index in [1.165, 1.54) is 0 Å². The molecular weight excluding hydrogens is 501 g/mol. The van der Waals surface area contributed by atoms with Crippen molar-refractivity contribution in [1.82, 2.24) is 9.55 Å². The first-order chi connectivity index (χ1) is 17.8. The van der Waals surface area contributed by atoms with Crippen LogP contribution in [0.15, 0.2) is 104 Å². The third-order valence-electron chi connectivity index (χ3n) is 6.71. The highest BCUT2D eigenvalue weighted by atomic mass is 28.4. The summed E-state index contributed by atoms with van der Waals surface area (Å²) in [4.78, 5) is 4.66. The van der Waals surface area contributed by atoms with E-state index < -0.39 is 31.6 Å². The molecule has 0 aliphatic carbocycles. The number of hydrogen-bond donors (Lipinski definition) is 0. The number of imidazole rings is 1. The fourth-order valence-electron chi connectivity index (χ4n) is 5.21. The lowest BCUT2D eigenvalue weighted by atomic mass is 9.76. The Bertz CT molecular complexity index is 1220. The molecule has 0 spiro atoms. The molecule has 200 valence electrons. The maximum absolute atomic E-state index is 14.2. The Morgan fingerprint density at radius 1 is 0.763 bits per heavy atom. The van der Waals surface area contributed by atoms with Gasteiger partial charge in [-0.25, -0.2) is 4.98 Å². The normalized spacial score (nSPS) is 13.9. The highest BCUT2D eigenvalue weighted by molar-refractivity contribution is 6.69. The predicted molar refractivity (Wildman–Crippen MR) is 149 cm³/mol. The smallest absolute Gasteiger partial charge is 0.406 e. The molecule has 7 heteroatoms. The minimum atomic E-state index is -4.48. The average molecular weight is 537 g/mol. The van der Waals surface area contributed by atoms with E-state index in [9.17, 15) is 13.2 Å². The van der Waals surface area contributed by atoms with Gasteiger partial charge < -0.3 is 8.99 Å². The highest BCUT2D eigenvalue weighted by Gasteiger charge is 2.51. The molecular formula is C31H35F3N2OSi. The van der Waals surface area contributed by atoms with Gasteiger partial charge in [-0.1, -0.05) is 105 Å². The van der Waals surface area contributed by atoms with E-state index in [0.29, 0.717) is 5.69 Å². The van der Waals surface area contributed by atoms with Crippen molar-refractivity contribution in [2.75, 3.05) is 0 Å². The van der Waals surface area contributed by atoms with Crippen molar-refractivity contribution in [3.05, 3.63) is 126 Å².